The summed E-state index contributed by atoms with van der Waals surface area (Å²) in [7, 11) is 6.04. The quantitative estimate of drug-likeness (QED) is 0.505. The Bertz CT molecular complexity index is 916. The van der Waals surface area contributed by atoms with Crippen LogP contribution in [0.1, 0.15) is 21.7 Å². The third-order valence-corrected chi connectivity index (χ3v) is 3.83. The Morgan fingerprint density at radius 3 is 2.19 bits per heavy atom. The normalized spacial score (nSPS) is 11.3. The number of hydrogen-bond acceptors (Lipinski definition) is 7. The number of aromatic nitrogens is 5. The molecule has 3 aromatic rings. The van der Waals surface area contributed by atoms with Crippen molar-refractivity contribution in [2.75, 3.05) is 21.1 Å². The molecule has 0 atom stereocenters. The van der Waals surface area contributed by atoms with Gasteiger partial charge in [-0.05, 0) is 18.6 Å². The van der Waals surface area contributed by atoms with Crippen LogP contribution in [0.5, 0.6) is 0 Å². The van der Waals surface area contributed by atoms with Gasteiger partial charge in [0.25, 0.3) is 0 Å². The first-order valence-electron chi connectivity index (χ1n) is 8.41. The maximum atomic E-state index is 12.2. The second kappa shape index (κ2) is 7.55. The first-order chi connectivity index (χ1) is 12.8. The van der Waals surface area contributed by atoms with E-state index in [1.165, 1.54) is 0 Å². The Morgan fingerprint density at radius 1 is 0.963 bits per heavy atom. The highest BCUT2D eigenvalue weighted by molar-refractivity contribution is 5.89. The number of esters is 1. The van der Waals surface area contributed by atoms with Crippen molar-refractivity contribution in [1.82, 2.24) is 29.9 Å². The summed E-state index contributed by atoms with van der Waals surface area (Å²) in [6, 6.07) is 10.9. The number of carbonyl (C=O) groups is 1. The summed E-state index contributed by atoms with van der Waals surface area (Å²) < 4.78 is 5.94. The lowest BCUT2D eigenvalue weighted by atomic mass is 10.1. The summed E-state index contributed by atoms with van der Waals surface area (Å²) in [5.41, 5.74) is 2.08. The van der Waals surface area contributed by atoms with E-state index in [0.29, 0.717) is 21.7 Å². The van der Waals surface area contributed by atoms with Gasteiger partial charge in [0.2, 0.25) is 11.6 Å². The van der Waals surface area contributed by atoms with E-state index in [1.54, 1.807) is 19.2 Å². The molecule has 0 spiro atoms. The Kier molecular flexibility index (Phi) is 5.18. The number of quaternary nitrogens is 1. The molecule has 0 unspecified atom stereocenters. The van der Waals surface area contributed by atoms with Gasteiger partial charge in [-0.3, -0.25) is 4.48 Å². The molecule has 0 radical (unpaired) electrons. The molecule has 138 valence electrons. The molecule has 8 nitrogen and oxygen atoms in total. The number of pyridine rings is 1. The van der Waals surface area contributed by atoms with Gasteiger partial charge in [0.15, 0.2) is 5.82 Å². The lowest BCUT2D eigenvalue weighted by Crippen LogP contribution is -2.35. The van der Waals surface area contributed by atoms with E-state index in [9.17, 15) is 4.79 Å². The SMILES string of the molecule is Cc1nnc(-c2ccc(COC(=O)c3ccc([N+](C)(C)C)nc3)cc2)nn1. The zero-order valence-electron chi connectivity index (χ0n) is 15.7. The minimum atomic E-state index is -0.408. The highest BCUT2D eigenvalue weighted by atomic mass is 16.5. The molecule has 0 saturated carbocycles. The van der Waals surface area contributed by atoms with Crippen LogP contribution in [0.4, 0.5) is 5.82 Å². The molecule has 0 amide bonds. The van der Waals surface area contributed by atoms with Crippen LogP contribution < -0.4 is 4.48 Å². The van der Waals surface area contributed by atoms with E-state index < -0.39 is 5.97 Å². The fraction of sp³-hybridized carbons (Fsp3) is 0.263. The Morgan fingerprint density at radius 2 is 1.63 bits per heavy atom. The van der Waals surface area contributed by atoms with E-state index >= 15 is 0 Å². The third kappa shape index (κ3) is 4.68. The Hall–Kier alpha value is -3.26. The van der Waals surface area contributed by atoms with Gasteiger partial charge in [0, 0.05) is 17.8 Å². The van der Waals surface area contributed by atoms with Crippen LogP contribution in [-0.2, 0) is 11.3 Å². The number of carbonyl (C=O) groups excluding carboxylic acids is 1. The number of aryl methyl sites for hydroxylation is 1. The van der Waals surface area contributed by atoms with Crippen LogP contribution in [0.15, 0.2) is 42.6 Å². The molecule has 0 N–H and O–H groups in total. The van der Waals surface area contributed by atoms with Crippen LogP contribution >= 0.6 is 0 Å². The van der Waals surface area contributed by atoms with Crippen molar-refractivity contribution < 1.29 is 9.53 Å². The van der Waals surface area contributed by atoms with Crippen molar-refractivity contribution in [3.63, 3.8) is 0 Å². The molecule has 3 rings (SSSR count). The number of ether oxygens (including phenoxy) is 1. The summed E-state index contributed by atoms with van der Waals surface area (Å²) in [5.74, 6) is 1.43. The average Bonchev–Trinajstić information content (AvgIpc) is 2.66. The first kappa shape index (κ1) is 18.5. The van der Waals surface area contributed by atoms with Gasteiger partial charge in [-0.2, -0.15) is 0 Å². The molecule has 0 saturated heterocycles. The molecule has 0 fully saturated rings. The predicted molar refractivity (Wildman–Crippen MR) is 101 cm³/mol. The maximum absolute atomic E-state index is 12.2. The van der Waals surface area contributed by atoms with Crippen molar-refractivity contribution in [3.8, 4) is 11.4 Å². The van der Waals surface area contributed by atoms with E-state index in [-0.39, 0.29) is 6.61 Å². The minimum absolute atomic E-state index is 0.168. The van der Waals surface area contributed by atoms with Gasteiger partial charge in [0.1, 0.15) is 6.61 Å². The fourth-order valence-corrected chi connectivity index (χ4v) is 2.28. The van der Waals surface area contributed by atoms with Gasteiger partial charge >= 0.3 is 5.97 Å². The highest BCUT2D eigenvalue weighted by Gasteiger charge is 2.15. The van der Waals surface area contributed by atoms with Gasteiger partial charge in [-0.15, -0.1) is 20.4 Å². The predicted octanol–water partition coefficient (Wildman–Crippen LogP) is 2.19. The molecule has 27 heavy (non-hydrogen) atoms. The summed E-state index contributed by atoms with van der Waals surface area (Å²) in [5, 5.41) is 15.8. The first-order valence-corrected chi connectivity index (χ1v) is 8.41. The maximum Gasteiger partial charge on any atom is 0.340 e. The van der Waals surface area contributed by atoms with E-state index in [4.69, 9.17) is 4.74 Å². The van der Waals surface area contributed by atoms with Gasteiger partial charge in [-0.1, -0.05) is 24.3 Å². The lowest BCUT2D eigenvalue weighted by Gasteiger charge is -2.21. The molecule has 8 heteroatoms. The van der Waals surface area contributed by atoms with E-state index in [2.05, 4.69) is 25.4 Å². The van der Waals surface area contributed by atoms with Crippen molar-refractivity contribution in [2.24, 2.45) is 0 Å². The molecule has 0 aliphatic rings. The second-order valence-electron chi connectivity index (χ2n) is 6.96. The lowest BCUT2D eigenvalue weighted by molar-refractivity contribution is 0.0472. The van der Waals surface area contributed by atoms with Crippen LogP contribution in [0, 0.1) is 6.92 Å². The number of rotatable bonds is 5. The number of hydrogen-bond donors (Lipinski definition) is 0. The molecular weight excluding hydrogens is 344 g/mol. The van der Waals surface area contributed by atoms with E-state index in [1.807, 2.05) is 51.5 Å². The molecule has 0 aliphatic heterocycles. The summed E-state index contributed by atoms with van der Waals surface area (Å²) in [6.07, 6.45) is 1.54. The molecule has 2 aromatic heterocycles. The van der Waals surface area contributed by atoms with Crippen LogP contribution in [0.3, 0.4) is 0 Å². The van der Waals surface area contributed by atoms with Crippen molar-refractivity contribution in [2.45, 2.75) is 13.5 Å². The largest absolute Gasteiger partial charge is 0.457 e. The molecule has 0 bridgehead atoms. The van der Waals surface area contributed by atoms with E-state index in [0.717, 1.165) is 16.9 Å². The zero-order valence-corrected chi connectivity index (χ0v) is 15.7. The highest BCUT2D eigenvalue weighted by Crippen LogP contribution is 2.16. The minimum Gasteiger partial charge on any atom is -0.457 e. The Balaban J connectivity index is 1.61. The topological polar surface area (TPSA) is 90.8 Å². The van der Waals surface area contributed by atoms with Crippen LogP contribution in [0.2, 0.25) is 0 Å². The zero-order chi connectivity index (χ0) is 19.4. The Labute approximate surface area is 157 Å². The molecule has 2 heterocycles. The summed E-state index contributed by atoms with van der Waals surface area (Å²) >= 11 is 0. The molecule has 1 aromatic carbocycles. The van der Waals surface area contributed by atoms with Gasteiger partial charge in [-0.25, -0.2) is 9.78 Å². The molecule has 0 aliphatic carbocycles. The van der Waals surface area contributed by atoms with Crippen molar-refractivity contribution in [1.29, 1.82) is 0 Å². The number of nitrogens with zero attached hydrogens (tertiary/aromatic N) is 6. The standard InChI is InChI=1S/C19H21N6O2/c1-13-21-23-18(24-22-13)15-7-5-14(6-8-15)12-27-19(26)16-9-10-17(20-11-16)25(2,3)4/h5-11H,12H2,1-4H3/q+1. The smallest absolute Gasteiger partial charge is 0.340 e. The third-order valence-electron chi connectivity index (χ3n) is 3.83. The molecular formula is C19H21N6O2+. The average molecular weight is 365 g/mol. The monoisotopic (exact) mass is 365 g/mol. The van der Waals surface area contributed by atoms with Crippen LogP contribution in [-0.4, -0.2) is 52.5 Å². The fourth-order valence-electron chi connectivity index (χ4n) is 2.28. The van der Waals surface area contributed by atoms with Gasteiger partial charge < -0.3 is 4.74 Å². The summed E-state index contributed by atoms with van der Waals surface area (Å²) in [4.78, 5) is 16.5. The number of benzene rings is 1. The van der Waals surface area contributed by atoms with Crippen LogP contribution in [0.25, 0.3) is 11.4 Å². The van der Waals surface area contributed by atoms with Crippen molar-refractivity contribution in [3.05, 3.63) is 59.5 Å². The second-order valence-corrected chi connectivity index (χ2v) is 6.96. The van der Waals surface area contributed by atoms with Crippen molar-refractivity contribution >= 4 is 11.8 Å². The summed E-state index contributed by atoms with van der Waals surface area (Å²) in [6.45, 7) is 1.90. The van der Waals surface area contributed by atoms with Gasteiger partial charge in [0.05, 0.1) is 26.7 Å².